The van der Waals surface area contributed by atoms with Gasteiger partial charge >= 0.3 is 0 Å². The van der Waals surface area contributed by atoms with Crippen molar-refractivity contribution in [1.29, 1.82) is 0 Å². The highest BCUT2D eigenvalue weighted by molar-refractivity contribution is 9.10. The first kappa shape index (κ1) is 12.3. The Morgan fingerprint density at radius 3 is 2.75 bits per heavy atom. The molecule has 0 aliphatic carbocycles. The van der Waals surface area contributed by atoms with Gasteiger partial charge in [0.1, 0.15) is 11.3 Å². The molecule has 2 atom stereocenters. The van der Waals surface area contributed by atoms with Crippen LogP contribution < -0.4 is 0 Å². The maximum Gasteiger partial charge on any atom is 0.159 e. The topological polar surface area (TPSA) is 35.0 Å². The van der Waals surface area contributed by atoms with Crippen LogP contribution in [0.2, 0.25) is 5.15 Å². The summed E-state index contributed by atoms with van der Waals surface area (Å²) in [5.74, 6) is 0.717. The average molecular weight is 306 g/mol. The number of nitrogens with zero attached hydrogens (tertiary/aromatic N) is 2. The molecule has 2 heterocycles. The van der Waals surface area contributed by atoms with E-state index in [4.69, 9.17) is 16.3 Å². The fourth-order valence-corrected chi connectivity index (χ4v) is 2.51. The van der Waals surface area contributed by atoms with Gasteiger partial charge in [0.25, 0.3) is 0 Å². The maximum atomic E-state index is 6.06. The highest BCUT2D eigenvalue weighted by atomic mass is 79.9. The van der Waals surface area contributed by atoms with Crippen LogP contribution >= 0.6 is 27.5 Å². The van der Waals surface area contributed by atoms with Crippen LogP contribution in [0, 0.1) is 0 Å². The first-order chi connectivity index (χ1) is 7.61. The van der Waals surface area contributed by atoms with Crippen molar-refractivity contribution < 1.29 is 4.74 Å². The molecule has 1 aliphatic rings. The van der Waals surface area contributed by atoms with Gasteiger partial charge in [-0.2, -0.15) is 0 Å². The number of hydrogen-bond acceptors (Lipinski definition) is 3. The summed E-state index contributed by atoms with van der Waals surface area (Å²) in [6.07, 6.45) is 3.16. The van der Waals surface area contributed by atoms with E-state index in [1.807, 2.05) is 6.92 Å². The van der Waals surface area contributed by atoms with Crippen LogP contribution in [0.4, 0.5) is 0 Å². The van der Waals surface area contributed by atoms with Crippen molar-refractivity contribution >= 4 is 27.5 Å². The lowest BCUT2D eigenvalue weighted by molar-refractivity contribution is 0.0501. The van der Waals surface area contributed by atoms with E-state index in [0.29, 0.717) is 11.3 Å². The lowest BCUT2D eigenvalue weighted by Crippen LogP contribution is -2.08. The van der Waals surface area contributed by atoms with Gasteiger partial charge in [-0.05, 0) is 42.1 Å². The molecule has 3 nitrogen and oxygen atoms in total. The van der Waals surface area contributed by atoms with Gasteiger partial charge in [0.15, 0.2) is 5.82 Å². The Morgan fingerprint density at radius 1 is 1.44 bits per heavy atom. The molecule has 5 heteroatoms. The monoisotopic (exact) mass is 304 g/mol. The molecule has 16 heavy (non-hydrogen) atoms. The van der Waals surface area contributed by atoms with Gasteiger partial charge in [-0.15, -0.1) is 0 Å². The molecule has 0 N–H and O–H groups in total. The SMILES string of the molecule is CCc1nc(C2CCC(C)O2)nc(Cl)c1Br. The van der Waals surface area contributed by atoms with Crippen LogP contribution in [-0.4, -0.2) is 16.1 Å². The standard InChI is InChI=1S/C11H14BrClN2O/c1-3-7-9(12)10(13)15-11(14-7)8-5-4-6(2)16-8/h6,8H,3-5H2,1-2H3. The molecule has 1 saturated heterocycles. The second-order valence-electron chi connectivity index (χ2n) is 4.00. The van der Waals surface area contributed by atoms with Crippen LogP contribution in [0.25, 0.3) is 0 Å². The fourth-order valence-electron chi connectivity index (χ4n) is 1.85. The van der Waals surface area contributed by atoms with Gasteiger partial charge in [-0.1, -0.05) is 18.5 Å². The van der Waals surface area contributed by atoms with Gasteiger partial charge in [0.2, 0.25) is 0 Å². The summed E-state index contributed by atoms with van der Waals surface area (Å²) >= 11 is 9.46. The van der Waals surface area contributed by atoms with Gasteiger partial charge in [0, 0.05) is 0 Å². The number of rotatable bonds is 2. The molecule has 0 aromatic carbocycles. The zero-order valence-electron chi connectivity index (χ0n) is 9.33. The molecule has 88 valence electrons. The van der Waals surface area contributed by atoms with E-state index in [-0.39, 0.29) is 6.10 Å². The summed E-state index contributed by atoms with van der Waals surface area (Å²) in [5.41, 5.74) is 0.943. The van der Waals surface area contributed by atoms with Crippen molar-refractivity contribution in [3.63, 3.8) is 0 Å². The van der Waals surface area contributed by atoms with Crippen LogP contribution in [0.5, 0.6) is 0 Å². The molecule has 1 aromatic heterocycles. The van der Waals surface area contributed by atoms with Crippen LogP contribution in [0.15, 0.2) is 4.47 Å². The second-order valence-corrected chi connectivity index (χ2v) is 5.15. The summed E-state index contributed by atoms with van der Waals surface area (Å²) in [7, 11) is 0. The van der Waals surface area contributed by atoms with Crippen molar-refractivity contribution in [3.8, 4) is 0 Å². The van der Waals surface area contributed by atoms with E-state index in [0.717, 1.165) is 35.3 Å². The summed E-state index contributed by atoms with van der Waals surface area (Å²) in [6, 6.07) is 0. The maximum absolute atomic E-state index is 6.06. The third-order valence-corrected chi connectivity index (χ3v) is 4.09. The van der Waals surface area contributed by atoms with E-state index in [1.165, 1.54) is 0 Å². The summed E-state index contributed by atoms with van der Waals surface area (Å²) in [6.45, 7) is 4.12. The number of hydrogen-bond donors (Lipinski definition) is 0. The first-order valence-electron chi connectivity index (χ1n) is 5.49. The van der Waals surface area contributed by atoms with Crippen LogP contribution in [-0.2, 0) is 11.2 Å². The molecule has 2 unspecified atom stereocenters. The minimum absolute atomic E-state index is 0.00546. The predicted octanol–water partition coefficient (Wildman–Crippen LogP) is 3.69. The molecule has 1 aliphatic heterocycles. The summed E-state index contributed by atoms with van der Waals surface area (Å²) in [4.78, 5) is 8.78. The Balaban J connectivity index is 2.31. The minimum atomic E-state index is 0.00546. The zero-order valence-corrected chi connectivity index (χ0v) is 11.7. The molecular formula is C11H14BrClN2O. The fraction of sp³-hybridized carbons (Fsp3) is 0.636. The quantitative estimate of drug-likeness (QED) is 0.782. The number of ether oxygens (including phenoxy) is 1. The minimum Gasteiger partial charge on any atom is -0.367 e. The third-order valence-electron chi connectivity index (χ3n) is 2.75. The summed E-state index contributed by atoms with van der Waals surface area (Å²) < 4.78 is 6.54. The van der Waals surface area contributed by atoms with E-state index >= 15 is 0 Å². The summed E-state index contributed by atoms with van der Waals surface area (Å²) in [5, 5.41) is 0.477. The van der Waals surface area contributed by atoms with Gasteiger partial charge in [0.05, 0.1) is 16.3 Å². The molecule has 0 saturated carbocycles. The van der Waals surface area contributed by atoms with E-state index < -0.39 is 0 Å². The highest BCUT2D eigenvalue weighted by Crippen LogP contribution is 2.33. The number of aromatic nitrogens is 2. The second kappa shape index (κ2) is 4.98. The van der Waals surface area contributed by atoms with Crippen molar-refractivity contribution in [3.05, 3.63) is 21.1 Å². The van der Waals surface area contributed by atoms with Crippen LogP contribution in [0.3, 0.4) is 0 Å². The number of halogens is 2. The van der Waals surface area contributed by atoms with Crippen molar-refractivity contribution in [2.24, 2.45) is 0 Å². The van der Waals surface area contributed by atoms with E-state index in [2.05, 4.69) is 32.8 Å². The lowest BCUT2D eigenvalue weighted by Gasteiger charge is -2.12. The molecule has 1 aromatic rings. The van der Waals surface area contributed by atoms with E-state index in [9.17, 15) is 0 Å². The average Bonchev–Trinajstić information content (AvgIpc) is 2.69. The Hall–Kier alpha value is -0.190. The smallest absolute Gasteiger partial charge is 0.159 e. The highest BCUT2D eigenvalue weighted by Gasteiger charge is 2.26. The Morgan fingerprint density at radius 2 is 2.19 bits per heavy atom. The Bertz CT molecular complexity index is 400. The first-order valence-corrected chi connectivity index (χ1v) is 6.66. The third kappa shape index (κ3) is 2.39. The predicted molar refractivity (Wildman–Crippen MR) is 66.6 cm³/mol. The van der Waals surface area contributed by atoms with Gasteiger partial charge < -0.3 is 4.74 Å². The van der Waals surface area contributed by atoms with Crippen molar-refractivity contribution in [2.75, 3.05) is 0 Å². The zero-order chi connectivity index (χ0) is 11.7. The van der Waals surface area contributed by atoms with Gasteiger partial charge in [-0.3, -0.25) is 0 Å². The molecule has 0 radical (unpaired) electrons. The normalized spacial score (nSPS) is 25.0. The molecule has 0 bridgehead atoms. The lowest BCUT2D eigenvalue weighted by atomic mass is 10.2. The van der Waals surface area contributed by atoms with Crippen molar-refractivity contribution in [1.82, 2.24) is 9.97 Å². The molecule has 1 fully saturated rings. The molecule has 2 rings (SSSR count). The molecule has 0 spiro atoms. The molecule has 0 amide bonds. The van der Waals surface area contributed by atoms with E-state index in [1.54, 1.807) is 0 Å². The Labute approximate surface area is 109 Å². The van der Waals surface area contributed by atoms with Crippen LogP contribution in [0.1, 0.15) is 44.3 Å². The van der Waals surface area contributed by atoms with Gasteiger partial charge in [-0.25, -0.2) is 9.97 Å². The Kier molecular flexibility index (Phi) is 3.82. The van der Waals surface area contributed by atoms with Crippen molar-refractivity contribution in [2.45, 2.75) is 45.3 Å². The molecular weight excluding hydrogens is 291 g/mol. The largest absolute Gasteiger partial charge is 0.367 e. The number of aryl methyl sites for hydroxylation is 1.